The molecule has 0 aliphatic carbocycles. The van der Waals surface area contributed by atoms with Gasteiger partial charge < -0.3 is 5.32 Å². The van der Waals surface area contributed by atoms with E-state index in [1.165, 1.54) is 28.2 Å². The highest BCUT2D eigenvalue weighted by Crippen LogP contribution is 2.42. The Labute approximate surface area is 218 Å². The van der Waals surface area contributed by atoms with E-state index in [2.05, 4.69) is 22.2 Å². The molecular weight excluding hydrogens is 511 g/mol. The van der Waals surface area contributed by atoms with Crippen LogP contribution in [0.2, 0.25) is 0 Å². The lowest BCUT2D eigenvalue weighted by molar-refractivity contribution is -0.113. The summed E-state index contributed by atoms with van der Waals surface area (Å²) in [5.41, 5.74) is 3.74. The molecule has 3 aromatic carbocycles. The lowest BCUT2D eigenvalue weighted by atomic mass is 10.1. The van der Waals surface area contributed by atoms with Crippen LogP contribution < -0.4 is 9.62 Å². The highest BCUT2D eigenvalue weighted by Gasteiger charge is 2.36. The molecule has 37 heavy (non-hydrogen) atoms. The Bertz CT molecular complexity index is 1580. The number of carbonyl (C=O) groups is 1. The lowest BCUT2D eigenvalue weighted by Crippen LogP contribution is -2.34. The smallest absolute Gasteiger partial charge is 0.268 e. The molecule has 1 N–H and O–H groups in total. The number of hydrogen-bond donors (Lipinski definition) is 1. The third-order valence-electron chi connectivity index (χ3n) is 5.92. The normalized spacial score (nSPS) is 13.5. The average Bonchev–Trinajstić information content (AvgIpc) is 2.90. The fraction of sp³-hybridized carbons (Fsp3) is 0.148. The molecule has 1 aliphatic rings. The molecule has 1 amide bonds. The number of thioether (sulfide) groups is 1. The predicted molar refractivity (Wildman–Crippen MR) is 142 cm³/mol. The average molecular weight is 535 g/mol. The van der Waals surface area contributed by atoms with Crippen molar-refractivity contribution in [2.45, 2.75) is 29.9 Å². The van der Waals surface area contributed by atoms with Crippen molar-refractivity contribution in [3.8, 4) is 11.3 Å². The second-order valence-corrected chi connectivity index (χ2v) is 11.2. The first-order valence-electron chi connectivity index (χ1n) is 11.6. The highest BCUT2D eigenvalue weighted by molar-refractivity contribution is 7.99. The molecule has 0 fully saturated rings. The first-order valence-corrected chi connectivity index (χ1v) is 14.0. The van der Waals surface area contributed by atoms with Gasteiger partial charge in [0, 0.05) is 11.3 Å². The number of rotatable bonds is 7. The van der Waals surface area contributed by atoms with Gasteiger partial charge in [-0.15, -0.1) is 0 Å². The van der Waals surface area contributed by atoms with Crippen molar-refractivity contribution in [3.63, 3.8) is 0 Å². The molecule has 0 saturated carbocycles. The molecule has 0 radical (unpaired) electrons. The third kappa shape index (κ3) is 5.21. The number of aromatic nitrogens is 2. The molecule has 0 atom stereocenters. The molecule has 2 heterocycles. The maximum atomic E-state index is 13.8. The fourth-order valence-corrected chi connectivity index (χ4v) is 6.24. The van der Waals surface area contributed by atoms with Gasteiger partial charge in [-0.2, -0.15) is 0 Å². The van der Waals surface area contributed by atoms with E-state index in [-0.39, 0.29) is 28.8 Å². The molecule has 0 bridgehead atoms. The Balaban J connectivity index is 1.38. The standard InChI is InChI=1S/C27H23FN4O3S2/c1-2-18-10-12-21(13-11-18)30-25(33)17-36-27-29-15-24-26(31-27)22-8-3-4-9-23(22)32(37(24,34)35)16-19-6-5-7-20(28)14-19/h3-15H,2,16-17H2,1H3,(H,30,33). The highest BCUT2D eigenvalue weighted by atomic mass is 32.2. The van der Waals surface area contributed by atoms with Crippen LogP contribution in [0.15, 0.2) is 89.0 Å². The summed E-state index contributed by atoms with van der Waals surface area (Å²) in [5, 5.41) is 3.13. The predicted octanol–water partition coefficient (Wildman–Crippen LogP) is 5.28. The van der Waals surface area contributed by atoms with Gasteiger partial charge >= 0.3 is 0 Å². The summed E-state index contributed by atoms with van der Waals surface area (Å²) < 4.78 is 42.1. The summed E-state index contributed by atoms with van der Waals surface area (Å²) in [4.78, 5) is 21.2. The Morgan fingerprint density at radius 3 is 2.57 bits per heavy atom. The number of sulfonamides is 1. The fourth-order valence-electron chi connectivity index (χ4n) is 4.07. The minimum absolute atomic E-state index is 0.0348. The Hall–Kier alpha value is -3.76. The van der Waals surface area contributed by atoms with Crippen LogP contribution in [0.4, 0.5) is 15.8 Å². The van der Waals surface area contributed by atoms with Gasteiger partial charge in [-0.05, 0) is 47.9 Å². The van der Waals surface area contributed by atoms with Crippen LogP contribution in [-0.4, -0.2) is 30.0 Å². The van der Waals surface area contributed by atoms with Crippen LogP contribution in [0.25, 0.3) is 11.3 Å². The zero-order valence-electron chi connectivity index (χ0n) is 19.9. The Kier molecular flexibility index (Phi) is 6.94. The van der Waals surface area contributed by atoms with Crippen molar-refractivity contribution < 1.29 is 17.6 Å². The van der Waals surface area contributed by atoms with Crippen LogP contribution in [0.1, 0.15) is 18.1 Å². The van der Waals surface area contributed by atoms with Crippen LogP contribution >= 0.6 is 11.8 Å². The van der Waals surface area contributed by atoms with Crippen LogP contribution in [0.5, 0.6) is 0 Å². The van der Waals surface area contributed by atoms with E-state index in [0.29, 0.717) is 27.7 Å². The van der Waals surface area contributed by atoms with Crippen molar-refractivity contribution in [1.82, 2.24) is 9.97 Å². The van der Waals surface area contributed by atoms with Gasteiger partial charge in [0.2, 0.25) is 5.91 Å². The topological polar surface area (TPSA) is 92.3 Å². The van der Waals surface area contributed by atoms with Crippen molar-refractivity contribution in [2.24, 2.45) is 0 Å². The van der Waals surface area contributed by atoms with Crippen molar-refractivity contribution >= 4 is 39.1 Å². The van der Waals surface area contributed by atoms with Crippen molar-refractivity contribution in [2.75, 3.05) is 15.4 Å². The number of aryl methyl sites for hydroxylation is 1. The van der Waals surface area contributed by atoms with Gasteiger partial charge in [-0.3, -0.25) is 9.10 Å². The van der Waals surface area contributed by atoms with E-state index < -0.39 is 15.8 Å². The molecule has 0 saturated heterocycles. The summed E-state index contributed by atoms with van der Waals surface area (Å²) >= 11 is 1.12. The number of fused-ring (bicyclic) bond motifs is 3. The quantitative estimate of drug-likeness (QED) is 0.256. The molecule has 1 aromatic heterocycles. The summed E-state index contributed by atoms with van der Waals surface area (Å²) in [7, 11) is -4.00. The number of halogens is 1. The van der Waals surface area contributed by atoms with E-state index in [0.717, 1.165) is 18.2 Å². The van der Waals surface area contributed by atoms with Crippen molar-refractivity contribution in [1.29, 1.82) is 0 Å². The van der Waals surface area contributed by atoms with Crippen LogP contribution in [0, 0.1) is 5.82 Å². The Morgan fingerprint density at radius 1 is 1.03 bits per heavy atom. The molecule has 7 nitrogen and oxygen atoms in total. The number of anilines is 2. The zero-order chi connectivity index (χ0) is 26.0. The first kappa shape index (κ1) is 24.9. The first-order chi connectivity index (χ1) is 17.8. The van der Waals surface area contributed by atoms with Gasteiger partial charge in [-0.25, -0.2) is 22.8 Å². The summed E-state index contributed by atoms with van der Waals surface area (Å²) in [5.74, 6) is -0.591. The summed E-state index contributed by atoms with van der Waals surface area (Å²) in [6.07, 6.45) is 2.19. The van der Waals surface area contributed by atoms with Crippen molar-refractivity contribution in [3.05, 3.63) is 95.9 Å². The number of benzene rings is 3. The van der Waals surface area contributed by atoms with E-state index >= 15 is 0 Å². The summed E-state index contributed by atoms with van der Waals surface area (Å²) in [6, 6.07) is 20.5. The van der Waals surface area contributed by atoms with E-state index in [1.54, 1.807) is 36.4 Å². The van der Waals surface area contributed by atoms with Gasteiger partial charge in [0.05, 0.1) is 29.9 Å². The lowest BCUT2D eigenvalue weighted by Gasteiger charge is -2.31. The molecule has 5 rings (SSSR count). The molecule has 10 heteroatoms. The minimum Gasteiger partial charge on any atom is -0.325 e. The second kappa shape index (κ2) is 10.3. The number of nitrogens with zero attached hydrogens (tertiary/aromatic N) is 3. The summed E-state index contributed by atoms with van der Waals surface area (Å²) in [6.45, 7) is 2.03. The SMILES string of the molecule is CCc1ccc(NC(=O)CSc2ncc3c(n2)-c2ccccc2N(Cc2cccc(F)c2)S3(=O)=O)cc1. The number of amides is 1. The molecule has 0 spiro atoms. The maximum absolute atomic E-state index is 13.8. The second-order valence-electron chi connectivity index (χ2n) is 8.41. The van der Waals surface area contributed by atoms with Gasteiger partial charge in [0.25, 0.3) is 10.0 Å². The number of nitrogens with one attached hydrogen (secondary N) is 1. The minimum atomic E-state index is -4.00. The number of para-hydroxylation sites is 1. The largest absolute Gasteiger partial charge is 0.325 e. The third-order valence-corrected chi connectivity index (χ3v) is 8.54. The Morgan fingerprint density at radius 2 is 1.81 bits per heavy atom. The van der Waals surface area contributed by atoms with Gasteiger partial charge in [-0.1, -0.05) is 61.2 Å². The van der Waals surface area contributed by atoms with Gasteiger partial charge in [0.1, 0.15) is 10.7 Å². The van der Waals surface area contributed by atoms with E-state index in [1.807, 2.05) is 24.3 Å². The van der Waals surface area contributed by atoms with E-state index in [9.17, 15) is 17.6 Å². The van der Waals surface area contributed by atoms with Crippen LogP contribution in [0.3, 0.4) is 0 Å². The molecule has 0 unspecified atom stereocenters. The van der Waals surface area contributed by atoms with Crippen LogP contribution in [-0.2, 0) is 27.8 Å². The zero-order valence-corrected chi connectivity index (χ0v) is 21.5. The maximum Gasteiger partial charge on any atom is 0.268 e. The number of carbonyl (C=O) groups excluding carboxylic acids is 1. The molecule has 1 aliphatic heterocycles. The molecule has 188 valence electrons. The van der Waals surface area contributed by atoms with Gasteiger partial charge in [0.15, 0.2) is 5.16 Å². The monoisotopic (exact) mass is 534 g/mol. The number of hydrogen-bond acceptors (Lipinski definition) is 6. The molecule has 4 aromatic rings. The van der Waals surface area contributed by atoms with E-state index in [4.69, 9.17) is 0 Å². The molecular formula is C27H23FN4O3S2.